The molecule has 0 aliphatic carbocycles. The van der Waals surface area contributed by atoms with E-state index in [-0.39, 0.29) is 5.91 Å². The first-order valence-corrected chi connectivity index (χ1v) is 6.82. The number of likely N-dealkylation sites (N-methyl/N-ethyl adjacent to an activating group) is 1. The Bertz CT molecular complexity index is 454. The third kappa shape index (κ3) is 3.42. The van der Waals surface area contributed by atoms with Crippen LogP contribution in [0.5, 0.6) is 11.5 Å². The highest BCUT2D eigenvalue weighted by Crippen LogP contribution is 2.32. The Labute approximate surface area is 119 Å². The minimum absolute atomic E-state index is 0.0638. The van der Waals surface area contributed by atoms with Crippen molar-refractivity contribution in [1.29, 1.82) is 0 Å². The average Bonchev–Trinajstić information content (AvgIpc) is 2.94. The van der Waals surface area contributed by atoms with Gasteiger partial charge in [-0.3, -0.25) is 9.69 Å². The van der Waals surface area contributed by atoms with E-state index in [1.807, 2.05) is 6.07 Å². The zero-order valence-corrected chi connectivity index (χ0v) is 12.3. The fraction of sp³-hybridized carbons (Fsp3) is 0.533. The number of hydrogen-bond donors (Lipinski definition) is 1. The fourth-order valence-corrected chi connectivity index (χ4v) is 2.60. The van der Waals surface area contributed by atoms with Crippen molar-refractivity contribution < 1.29 is 14.3 Å². The number of amides is 1. The molecule has 1 amide bonds. The number of nitrogens with one attached hydrogen (secondary N) is 1. The van der Waals surface area contributed by atoms with Gasteiger partial charge in [0.15, 0.2) is 0 Å². The molecule has 1 atom stereocenters. The first-order chi connectivity index (χ1) is 9.66. The van der Waals surface area contributed by atoms with Crippen LogP contribution in [0.25, 0.3) is 0 Å². The van der Waals surface area contributed by atoms with Crippen LogP contribution in [0, 0.1) is 0 Å². The van der Waals surface area contributed by atoms with Crippen LogP contribution >= 0.6 is 0 Å². The molecule has 0 saturated carbocycles. The number of nitrogens with zero attached hydrogens (tertiary/aromatic N) is 1. The molecule has 110 valence electrons. The number of benzene rings is 1. The molecule has 0 spiro atoms. The molecule has 1 aliphatic rings. The standard InChI is InChI=1S/C15H22N2O3/c1-16-15(18)10-17-5-4-11(9-17)12-6-13(19-2)8-14(7-12)20-3/h6-8,11H,4-5,9-10H2,1-3H3,(H,16,18)/t11-/m1/s1. The van der Waals surface area contributed by atoms with Crippen molar-refractivity contribution in [2.45, 2.75) is 12.3 Å². The lowest BCUT2D eigenvalue weighted by Gasteiger charge is -2.16. The first-order valence-electron chi connectivity index (χ1n) is 6.82. The molecule has 5 heteroatoms. The number of carbonyl (C=O) groups is 1. The van der Waals surface area contributed by atoms with Gasteiger partial charge in [-0.1, -0.05) is 0 Å². The lowest BCUT2D eigenvalue weighted by molar-refractivity contribution is -0.121. The third-order valence-corrected chi connectivity index (χ3v) is 3.76. The molecule has 0 radical (unpaired) electrons. The summed E-state index contributed by atoms with van der Waals surface area (Å²) in [5.74, 6) is 2.10. The summed E-state index contributed by atoms with van der Waals surface area (Å²) in [5, 5.41) is 2.66. The maximum atomic E-state index is 11.4. The Kier molecular flexibility index (Phi) is 4.84. The topological polar surface area (TPSA) is 50.8 Å². The summed E-state index contributed by atoms with van der Waals surface area (Å²) in [6.45, 7) is 2.30. The summed E-state index contributed by atoms with van der Waals surface area (Å²) in [5.41, 5.74) is 1.21. The molecular weight excluding hydrogens is 256 g/mol. The van der Waals surface area contributed by atoms with Gasteiger partial charge in [-0.2, -0.15) is 0 Å². The van der Waals surface area contributed by atoms with Crippen LogP contribution in [0.15, 0.2) is 18.2 Å². The van der Waals surface area contributed by atoms with E-state index in [1.54, 1.807) is 21.3 Å². The molecule has 5 nitrogen and oxygen atoms in total. The number of carbonyl (C=O) groups excluding carboxylic acids is 1. The van der Waals surface area contributed by atoms with Gasteiger partial charge < -0.3 is 14.8 Å². The van der Waals surface area contributed by atoms with Crippen LogP contribution in [0.3, 0.4) is 0 Å². The smallest absolute Gasteiger partial charge is 0.233 e. The highest BCUT2D eigenvalue weighted by molar-refractivity contribution is 5.77. The summed E-state index contributed by atoms with van der Waals surface area (Å²) in [6.07, 6.45) is 1.05. The van der Waals surface area contributed by atoms with E-state index in [2.05, 4.69) is 22.3 Å². The Morgan fingerprint density at radius 3 is 2.50 bits per heavy atom. The number of likely N-dealkylation sites (tertiary alicyclic amines) is 1. The molecule has 20 heavy (non-hydrogen) atoms. The molecule has 1 aromatic rings. The minimum Gasteiger partial charge on any atom is -0.497 e. The molecule has 1 aliphatic heterocycles. The van der Waals surface area contributed by atoms with E-state index >= 15 is 0 Å². The van der Waals surface area contributed by atoms with Crippen LogP contribution in [-0.4, -0.2) is 51.7 Å². The highest BCUT2D eigenvalue weighted by Gasteiger charge is 2.25. The van der Waals surface area contributed by atoms with Gasteiger partial charge in [0, 0.05) is 19.7 Å². The lowest BCUT2D eigenvalue weighted by Crippen LogP contribution is -2.34. The van der Waals surface area contributed by atoms with Gasteiger partial charge in [-0.25, -0.2) is 0 Å². The zero-order chi connectivity index (χ0) is 14.5. The van der Waals surface area contributed by atoms with Crippen molar-refractivity contribution in [2.75, 3.05) is 40.9 Å². The van der Waals surface area contributed by atoms with Crippen molar-refractivity contribution in [3.63, 3.8) is 0 Å². The highest BCUT2D eigenvalue weighted by atomic mass is 16.5. The second kappa shape index (κ2) is 6.61. The van der Waals surface area contributed by atoms with E-state index < -0.39 is 0 Å². The lowest BCUT2D eigenvalue weighted by atomic mass is 9.98. The second-order valence-corrected chi connectivity index (χ2v) is 5.04. The molecule has 2 rings (SSSR count). The van der Waals surface area contributed by atoms with Gasteiger partial charge in [0.1, 0.15) is 11.5 Å². The molecule has 1 saturated heterocycles. The summed E-state index contributed by atoms with van der Waals surface area (Å²) < 4.78 is 10.6. The van der Waals surface area contributed by atoms with Gasteiger partial charge in [0.05, 0.1) is 20.8 Å². The van der Waals surface area contributed by atoms with E-state index in [1.165, 1.54) is 5.56 Å². The number of rotatable bonds is 5. The summed E-state index contributed by atoms with van der Waals surface area (Å²) in [7, 11) is 4.99. The van der Waals surface area contributed by atoms with Gasteiger partial charge in [-0.15, -0.1) is 0 Å². The molecule has 1 heterocycles. The van der Waals surface area contributed by atoms with E-state index in [4.69, 9.17) is 9.47 Å². The van der Waals surface area contributed by atoms with Crippen molar-refractivity contribution in [1.82, 2.24) is 10.2 Å². The summed E-state index contributed by atoms with van der Waals surface area (Å²) in [4.78, 5) is 13.6. The summed E-state index contributed by atoms with van der Waals surface area (Å²) in [6, 6.07) is 5.98. The number of methoxy groups -OCH3 is 2. The monoisotopic (exact) mass is 278 g/mol. The quantitative estimate of drug-likeness (QED) is 0.880. The molecule has 0 aromatic heterocycles. The maximum absolute atomic E-state index is 11.4. The van der Waals surface area contributed by atoms with Crippen LogP contribution in [0.2, 0.25) is 0 Å². The van der Waals surface area contributed by atoms with E-state index in [9.17, 15) is 4.79 Å². The number of hydrogen-bond acceptors (Lipinski definition) is 4. The average molecular weight is 278 g/mol. The normalized spacial score (nSPS) is 18.9. The summed E-state index contributed by atoms with van der Waals surface area (Å²) >= 11 is 0. The largest absolute Gasteiger partial charge is 0.497 e. The van der Waals surface area contributed by atoms with E-state index in [0.717, 1.165) is 31.0 Å². The van der Waals surface area contributed by atoms with Gasteiger partial charge in [-0.05, 0) is 36.6 Å². The number of ether oxygens (including phenoxy) is 2. The van der Waals surface area contributed by atoms with Crippen LogP contribution < -0.4 is 14.8 Å². The molecule has 1 fully saturated rings. The predicted molar refractivity (Wildman–Crippen MR) is 77.4 cm³/mol. The van der Waals surface area contributed by atoms with Crippen molar-refractivity contribution >= 4 is 5.91 Å². The second-order valence-electron chi connectivity index (χ2n) is 5.04. The Hall–Kier alpha value is -1.75. The van der Waals surface area contributed by atoms with Crippen molar-refractivity contribution in [3.05, 3.63) is 23.8 Å². The minimum atomic E-state index is 0.0638. The predicted octanol–water partition coefficient (Wildman–Crippen LogP) is 1.24. The van der Waals surface area contributed by atoms with E-state index in [0.29, 0.717) is 12.5 Å². The van der Waals surface area contributed by atoms with Crippen molar-refractivity contribution in [3.8, 4) is 11.5 Å². The van der Waals surface area contributed by atoms with Crippen molar-refractivity contribution in [2.24, 2.45) is 0 Å². The molecule has 0 unspecified atom stereocenters. The fourth-order valence-electron chi connectivity index (χ4n) is 2.60. The van der Waals surface area contributed by atoms with Gasteiger partial charge in [0.25, 0.3) is 0 Å². The molecule has 1 aromatic carbocycles. The Morgan fingerprint density at radius 1 is 1.30 bits per heavy atom. The third-order valence-electron chi connectivity index (χ3n) is 3.76. The van der Waals surface area contributed by atoms with Crippen LogP contribution in [0.1, 0.15) is 17.9 Å². The Balaban J connectivity index is 2.07. The van der Waals surface area contributed by atoms with Gasteiger partial charge >= 0.3 is 0 Å². The van der Waals surface area contributed by atoms with Crippen LogP contribution in [0.4, 0.5) is 0 Å². The Morgan fingerprint density at radius 2 is 1.95 bits per heavy atom. The molecular formula is C15H22N2O3. The molecule has 1 N–H and O–H groups in total. The maximum Gasteiger partial charge on any atom is 0.233 e. The zero-order valence-electron chi connectivity index (χ0n) is 12.3. The SMILES string of the molecule is CNC(=O)CN1CC[C@@H](c2cc(OC)cc(OC)c2)C1. The first kappa shape index (κ1) is 14.7. The van der Waals surface area contributed by atoms with Gasteiger partial charge in [0.2, 0.25) is 5.91 Å². The van der Waals surface area contributed by atoms with Crippen LogP contribution in [-0.2, 0) is 4.79 Å². The molecule has 0 bridgehead atoms.